The summed E-state index contributed by atoms with van der Waals surface area (Å²) >= 11 is 0. The quantitative estimate of drug-likeness (QED) is 0.361. The van der Waals surface area contributed by atoms with E-state index in [4.69, 9.17) is 19.9 Å². The first kappa shape index (κ1) is 24.1. The lowest BCUT2D eigenvalue weighted by molar-refractivity contribution is 0.0931. The molecule has 37 heavy (non-hydrogen) atoms. The van der Waals surface area contributed by atoms with Crippen LogP contribution in [0.5, 0.6) is 17.2 Å². The van der Waals surface area contributed by atoms with Crippen LogP contribution in [0.2, 0.25) is 0 Å². The second-order valence-electron chi connectivity index (χ2n) is 8.76. The van der Waals surface area contributed by atoms with Crippen LogP contribution in [0.15, 0.2) is 85.2 Å². The third kappa shape index (κ3) is 5.16. The molecule has 0 spiro atoms. The maximum Gasteiger partial charge on any atom is 0.248 e. The largest absolute Gasteiger partial charge is 0.492 e. The molecule has 4 aromatic rings. The molecular weight excluding hydrogens is 468 g/mol. The lowest BCUT2D eigenvalue weighted by Gasteiger charge is -2.26. The molecule has 0 aliphatic carbocycles. The molecule has 7 nitrogen and oxygen atoms in total. The first-order chi connectivity index (χ1) is 18.0. The molecule has 0 saturated heterocycles. The summed E-state index contributed by atoms with van der Waals surface area (Å²) in [7, 11) is 0. The number of carbonyl (C=O) groups excluding carboxylic acids is 2. The van der Waals surface area contributed by atoms with E-state index in [1.54, 1.807) is 42.7 Å². The van der Waals surface area contributed by atoms with Crippen LogP contribution in [-0.4, -0.2) is 23.3 Å². The third-order valence-corrected chi connectivity index (χ3v) is 6.30. The van der Waals surface area contributed by atoms with Crippen LogP contribution in [0.1, 0.15) is 55.5 Å². The van der Waals surface area contributed by atoms with Gasteiger partial charge in [0.05, 0.1) is 12.2 Å². The number of primary amides is 1. The number of nitrogens with zero attached hydrogens (tertiary/aromatic N) is 1. The predicted octanol–water partition coefficient (Wildman–Crippen LogP) is 5.20. The monoisotopic (exact) mass is 494 g/mol. The zero-order valence-corrected chi connectivity index (χ0v) is 20.3. The van der Waals surface area contributed by atoms with Crippen molar-refractivity contribution in [3.8, 4) is 17.2 Å². The molecule has 1 aromatic heterocycles. The Balaban J connectivity index is 1.57. The minimum Gasteiger partial charge on any atom is -0.492 e. The number of aromatic nitrogens is 1. The van der Waals surface area contributed by atoms with Crippen LogP contribution in [0, 0.1) is 6.92 Å². The molecule has 2 N–H and O–H groups in total. The standard InChI is InChI=1S/C30H26N2O5/c1-19-26(10-9-23-25(33)13-16-35-28(19)23)37-29(21-11-14-32-15-12-21)24-8-7-22(30(31)34)17-27(24)36-18-20-5-3-2-4-6-20/h2-12,14-15,17,29H,13,16,18H2,1H3,(H2,31,34). The summed E-state index contributed by atoms with van der Waals surface area (Å²) in [5.74, 6) is 1.10. The van der Waals surface area contributed by atoms with Crippen LogP contribution in [0.4, 0.5) is 0 Å². The number of ether oxygens (including phenoxy) is 3. The Labute approximate surface area is 214 Å². The van der Waals surface area contributed by atoms with Crippen molar-refractivity contribution in [3.05, 3.63) is 119 Å². The molecule has 1 aliphatic rings. The highest BCUT2D eigenvalue weighted by Gasteiger charge is 2.26. The lowest BCUT2D eigenvalue weighted by atomic mass is 9.98. The molecule has 186 valence electrons. The van der Waals surface area contributed by atoms with Gasteiger partial charge in [-0.25, -0.2) is 0 Å². The molecule has 0 radical (unpaired) electrons. The fourth-order valence-corrected chi connectivity index (χ4v) is 4.33. The van der Waals surface area contributed by atoms with Gasteiger partial charge in [-0.15, -0.1) is 0 Å². The van der Waals surface area contributed by atoms with Gasteiger partial charge in [0.25, 0.3) is 0 Å². The van der Waals surface area contributed by atoms with Gasteiger partial charge in [0, 0.05) is 41.1 Å². The fourth-order valence-electron chi connectivity index (χ4n) is 4.33. The summed E-state index contributed by atoms with van der Waals surface area (Å²) in [6.45, 7) is 2.52. The zero-order valence-electron chi connectivity index (χ0n) is 20.3. The van der Waals surface area contributed by atoms with E-state index in [0.29, 0.717) is 53.6 Å². The number of fused-ring (bicyclic) bond motifs is 1. The van der Waals surface area contributed by atoms with Gasteiger partial charge in [0.15, 0.2) is 11.9 Å². The molecule has 0 bridgehead atoms. The number of amides is 1. The van der Waals surface area contributed by atoms with Crippen molar-refractivity contribution in [2.24, 2.45) is 5.73 Å². The molecule has 1 unspecified atom stereocenters. The van der Waals surface area contributed by atoms with E-state index in [-0.39, 0.29) is 5.78 Å². The second-order valence-corrected chi connectivity index (χ2v) is 8.76. The average Bonchev–Trinajstić information content (AvgIpc) is 2.93. The van der Waals surface area contributed by atoms with E-state index in [9.17, 15) is 9.59 Å². The minimum absolute atomic E-state index is 0.0558. The highest BCUT2D eigenvalue weighted by atomic mass is 16.5. The highest BCUT2D eigenvalue weighted by molar-refractivity contribution is 6.00. The summed E-state index contributed by atoms with van der Waals surface area (Å²) in [6.07, 6.45) is 3.14. The number of rotatable bonds is 8. The summed E-state index contributed by atoms with van der Waals surface area (Å²) < 4.78 is 18.6. The molecular formula is C30H26N2O5. The van der Waals surface area contributed by atoms with Crippen molar-refractivity contribution in [2.75, 3.05) is 6.61 Å². The lowest BCUT2D eigenvalue weighted by Crippen LogP contribution is -2.18. The molecule has 7 heteroatoms. The van der Waals surface area contributed by atoms with E-state index in [1.807, 2.05) is 49.4 Å². The molecule has 0 fully saturated rings. The van der Waals surface area contributed by atoms with Gasteiger partial charge in [-0.3, -0.25) is 14.6 Å². The van der Waals surface area contributed by atoms with Crippen LogP contribution in [0.3, 0.4) is 0 Å². The van der Waals surface area contributed by atoms with Crippen LogP contribution in [0.25, 0.3) is 0 Å². The van der Waals surface area contributed by atoms with Gasteiger partial charge in [0.2, 0.25) is 5.91 Å². The molecule has 1 amide bonds. The normalized spacial score (nSPS) is 13.3. The van der Waals surface area contributed by atoms with Crippen molar-refractivity contribution >= 4 is 11.7 Å². The minimum atomic E-state index is -0.605. The summed E-state index contributed by atoms with van der Waals surface area (Å²) in [5, 5.41) is 0. The van der Waals surface area contributed by atoms with Crippen LogP contribution in [-0.2, 0) is 6.61 Å². The maximum absolute atomic E-state index is 12.4. The number of carbonyl (C=O) groups is 2. The Morgan fingerprint density at radius 2 is 1.81 bits per heavy atom. The number of ketones is 1. The number of pyridine rings is 1. The smallest absolute Gasteiger partial charge is 0.248 e. The Bertz CT molecular complexity index is 1440. The van der Waals surface area contributed by atoms with E-state index in [0.717, 1.165) is 16.7 Å². The number of nitrogens with two attached hydrogens (primary N) is 1. The third-order valence-electron chi connectivity index (χ3n) is 6.30. The number of hydrogen-bond donors (Lipinski definition) is 1. The Morgan fingerprint density at radius 3 is 2.57 bits per heavy atom. The van der Waals surface area contributed by atoms with Gasteiger partial charge >= 0.3 is 0 Å². The van der Waals surface area contributed by atoms with Crippen LogP contribution >= 0.6 is 0 Å². The van der Waals surface area contributed by atoms with Gasteiger partial charge in [-0.2, -0.15) is 0 Å². The van der Waals surface area contributed by atoms with Crippen molar-refractivity contribution in [1.82, 2.24) is 4.98 Å². The summed E-state index contributed by atoms with van der Waals surface area (Å²) in [6, 6.07) is 22.1. The molecule has 2 heterocycles. The Hall–Kier alpha value is -4.65. The van der Waals surface area contributed by atoms with Crippen LogP contribution < -0.4 is 19.9 Å². The van der Waals surface area contributed by atoms with E-state index < -0.39 is 12.0 Å². The SMILES string of the molecule is Cc1c(OC(c2ccncc2)c2ccc(C(N)=O)cc2OCc2ccccc2)ccc2c1OCCC2=O. The van der Waals surface area contributed by atoms with Crippen molar-refractivity contribution in [2.45, 2.75) is 26.1 Å². The van der Waals surface area contributed by atoms with Gasteiger partial charge < -0.3 is 19.9 Å². The topological polar surface area (TPSA) is 101 Å². The highest BCUT2D eigenvalue weighted by Crippen LogP contribution is 2.40. The second kappa shape index (κ2) is 10.5. The summed E-state index contributed by atoms with van der Waals surface area (Å²) in [4.78, 5) is 28.5. The fraction of sp³-hybridized carbons (Fsp3) is 0.167. The van der Waals surface area contributed by atoms with Crippen molar-refractivity contribution in [1.29, 1.82) is 0 Å². The first-order valence-corrected chi connectivity index (χ1v) is 12.0. The Morgan fingerprint density at radius 1 is 1.03 bits per heavy atom. The number of Topliss-reactive ketones (excluding diaryl/α,β-unsaturated/α-hetero) is 1. The van der Waals surface area contributed by atoms with Gasteiger partial charge in [-0.05, 0) is 48.9 Å². The van der Waals surface area contributed by atoms with Gasteiger partial charge in [0.1, 0.15) is 23.9 Å². The van der Waals surface area contributed by atoms with E-state index in [2.05, 4.69) is 4.98 Å². The number of hydrogen-bond acceptors (Lipinski definition) is 6. The molecule has 1 atom stereocenters. The molecule has 3 aromatic carbocycles. The van der Waals surface area contributed by atoms with Crippen molar-refractivity contribution < 1.29 is 23.8 Å². The maximum atomic E-state index is 12.4. The average molecular weight is 495 g/mol. The first-order valence-electron chi connectivity index (χ1n) is 12.0. The molecule has 5 rings (SSSR count). The molecule has 1 aliphatic heterocycles. The molecule has 0 saturated carbocycles. The summed E-state index contributed by atoms with van der Waals surface area (Å²) in [5.41, 5.74) is 9.73. The Kier molecular flexibility index (Phi) is 6.85. The predicted molar refractivity (Wildman–Crippen MR) is 138 cm³/mol. The zero-order chi connectivity index (χ0) is 25.8. The number of benzene rings is 3. The van der Waals surface area contributed by atoms with E-state index in [1.165, 1.54) is 0 Å². The van der Waals surface area contributed by atoms with Gasteiger partial charge in [-0.1, -0.05) is 36.4 Å². The van der Waals surface area contributed by atoms with E-state index >= 15 is 0 Å². The van der Waals surface area contributed by atoms with Crippen molar-refractivity contribution in [3.63, 3.8) is 0 Å².